The molecule has 0 amide bonds. The molecule has 0 saturated carbocycles. The Balaban J connectivity index is 2.02. The molecule has 1 aromatic rings. The van der Waals surface area contributed by atoms with Gasteiger partial charge in [-0.05, 0) is 37.5 Å². The van der Waals surface area contributed by atoms with Crippen LogP contribution in [0.3, 0.4) is 0 Å². The third-order valence-electron chi connectivity index (χ3n) is 5.45. The minimum absolute atomic E-state index is 0.287. The Bertz CT molecular complexity index is 605. The molecule has 0 aliphatic carbocycles. The Labute approximate surface area is 169 Å². The van der Waals surface area contributed by atoms with Crippen molar-refractivity contribution in [1.82, 2.24) is 0 Å². The summed E-state index contributed by atoms with van der Waals surface area (Å²) >= 11 is 0. The Morgan fingerprint density at radius 2 is 1.11 bits per heavy atom. The predicted octanol–water partition coefficient (Wildman–Crippen LogP) is 7.56. The summed E-state index contributed by atoms with van der Waals surface area (Å²) in [5.74, 6) is 0.287. The van der Waals surface area contributed by atoms with Crippen molar-refractivity contribution in [3.8, 4) is 0 Å². The molecule has 0 saturated heterocycles. The maximum absolute atomic E-state index is 12.5. The van der Waals surface area contributed by atoms with E-state index in [9.17, 15) is 8.42 Å². The first-order valence-corrected chi connectivity index (χ1v) is 12.9. The summed E-state index contributed by atoms with van der Waals surface area (Å²) in [6.45, 7) is 6.10. The van der Waals surface area contributed by atoms with E-state index in [0.29, 0.717) is 4.90 Å². The van der Waals surface area contributed by atoms with E-state index in [2.05, 4.69) is 6.92 Å². The van der Waals surface area contributed by atoms with Gasteiger partial charge in [0.15, 0.2) is 9.84 Å². The van der Waals surface area contributed by atoms with Gasteiger partial charge in [-0.3, -0.25) is 0 Å². The lowest BCUT2D eigenvalue weighted by molar-refractivity contribution is 0.537. The molecule has 0 heterocycles. The fourth-order valence-electron chi connectivity index (χ4n) is 3.64. The van der Waals surface area contributed by atoms with Crippen LogP contribution in [0.15, 0.2) is 23.1 Å². The van der Waals surface area contributed by atoms with Crippen LogP contribution in [0, 0.1) is 13.8 Å². The summed E-state index contributed by atoms with van der Waals surface area (Å²) in [4.78, 5) is 0.525. The number of aryl methyl sites for hydroxylation is 2. The van der Waals surface area contributed by atoms with E-state index in [1.165, 1.54) is 77.0 Å². The lowest BCUT2D eigenvalue weighted by atomic mass is 10.0. The first kappa shape index (κ1) is 24.2. The maximum atomic E-state index is 12.5. The number of hydrogen-bond donors (Lipinski definition) is 0. The van der Waals surface area contributed by atoms with E-state index in [1.807, 2.05) is 32.0 Å². The lowest BCUT2D eigenvalue weighted by Crippen LogP contribution is -2.09. The molecule has 0 atom stereocenters. The Morgan fingerprint density at radius 3 is 1.59 bits per heavy atom. The van der Waals surface area contributed by atoms with Gasteiger partial charge in [0.1, 0.15) is 0 Å². The van der Waals surface area contributed by atoms with Gasteiger partial charge in [0.25, 0.3) is 0 Å². The highest BCUT2D eigenvalue weighted by atomic mass is 32.2. The molecule has 0 aromatic heterocycles. The zero-order chi connectivity index (χ0) is 20.0. The molecule has 156 valence electrons. The number of benzene rings is 1. The van der Waals surface area contributed by atoms with Gasteiger partial charge >= 0.3 is 0 Å². The van der Waals surface area contributed by atoms with E-state index in [1.54, 1.807) is 0 Å². The highest BCUT2D eigenvalue weighted by Gasteiger charge is 2.16. The van der Waals surface area contributed by atoms with Crippen molar-refractivity contribution in [2.45, 2.75) is 116 Å². The van der Waals surface area contributed by atoms with Gasteiger partial charge in [0, 0.05) is 0 Å². The second-order valence-electron chi connectivity index (χ2n) is 8.18. The van der Waals surface area contributed by atoms with Crippen LogP contribution in [-0.4, -0.2) is 14.2 Å². The first-order valence-electron chi connectivity index (χ1n) is 11.3. The van der Waals surface area contributed by atoms with Crippen molar-refractivity contribution in [3.05, 3.63) is 29.3 Å². The average Bonchev–Trinajstić information content (AvgIpc) is 2.64. The summed E-state index contributed by atoms with van der Waals surface area (Å²) < 4.78 is 25.0. The molecule has 1 rings (SSSR count). The number of unbranched alkanes of at least 4 members (excludes halogenated alkanes) is 13. The van der Waals surface area contributed by atoms with Crippen molar-refractivity contribution in [3.63, 3.8) is 0 Å². The van der Waals surface area contributed by atoms with E-state index in [-0.39, 0.29) is 5.75 Å². The second kappa shape index (κ2) is 14.2. The van der Waals surface area contributed by atoms with Crippen molar-refractivity contribution >= 4 is 9.84 Å². The van der Waals surface area contributed by atoms with Crippen LogP contribution in [0.4, 0.5) is 0 Å². The normalized spacial score (nSPS) is 11.8. The molecule has 0 bridgehead atoms. The van der Waals surface area contributed by atoms with Gasteiger partial charge in [-0.15, -0.1) is 0 Å². The molecular formula is C24H42O2S. The number of hydrogen-bond acceptors (Lipinski definition) is 2. The van der Waals surface area contributed by atoms with Crippen LogP contribution >= 0.6 is 0 Å². The zero-order valence-electron chi connectivity index (χ0n) is 18.1. The average molecular weight is 395 g/mol. The van der Waals surface area contributed by atoms with E-state index in [0.717, 1.165) is 24.0 Å². The summed E-state index contributed by atoms with van der Waals surface area (Å²) in [6, 6.07) is 5.70. The molecule has 1 aromatic carbocycles. The maximum Gasteiger partial charge on any atom is 0.178 e. The summed E-state index contributed by atoms with van der Waals surface area (Å²) in [5.41, 5.74) is 1.88. The van der Waals surface area contributed by atoms with Gasteiger partial charge in [-0.25, -0.2) is 8.42 Å². The fourth-order valence-corrected chi connectivity index (χ4v) is 5.37. The van der Waals surface area contributed by atoms with E-state index >= 15 is 0 Å². The molecule has 0 unspecified atom stereocenters. The van der Waals surface area contributed by atoms with E-state index < -0.39 is 9.84 Å². The second-order valence-corrected chi connectivity index (χ2v) is 10.3. The Kier molecular flexibility index (Phi) is 12.7. The first-order chi connectivity index (χ1) is 13.0. The van der Waals surface area contributed by atoms with Crippen molar-refractivity contribution in [2.75, 3.05) is 5.75 Å². The van der Waals surface area contributed by atoms with Crippen LogP contribution in [-0.2, 0) is 9.84 Å². The quantitative estimate of drug-likeness (QED) is 0.271. The molecule has 27 heavy (non-hydrogen) atoms. The smallest absolute Gasteiger partial charge is 0.178 e. The Morgan fingerprint density at radius 1 is 0.667 bits per heavy atom. The summed E-state index contributed by atoms with van der Waals surface area (Å²) in [7, 11) is -3.13. The fraction of sp³-hybridized carbons (Fsp3) is 0.750. The van der Waals surface area contributed by atoms with Crippen LogP contribution < -0.4 is 0 Å². The SMILES string of the molecule is CCCCCCCCCCCCCCCCS(=O)(=O)c1cc(C)ccc1C. The van der Waals surface area contributed by atoms with Gasteiger partial charge in [0.05, 0.1) is 10.6 Å². The largest absolute Gasteiger partial charge is 0.224 e. The molecule has 0 spiro atoms. The van der Waals surface area contributed by atoms with Gasteiger partial charge in [-0.1, -0.05) is 103 Å². The number of sulfone groups is 1. The zero-order valence-corrected chi connectivity index (χ0v) is 18.9. The minimum atomic E-state index is -3.13. The van der Waals surface area contributed by atoms with Gasteiger partial charge in [0.2, 0.25) is 0 Å². The monoisotopic (exact) mass is 394 g/mol. The molecule has 2 nitrogen and oxygen atoms in total. The molecule has 0 radical (unpaired) electrons. The molecule has 0 aliphatic rings. The predicted molar refractivity (Wildman–Crippen MR) is 118 cm³/mol. The highest BCUT2D eigenvalue weighted by Crippen LogP contribution is 2.20. The topological polar surface area (TPSA) is 34.1 Å². The summed E-state index contributed by atoms with van der Waals surface area (Å²) in [6.07, 6.45) is 18.0. The minimum Gasteiger partial charge on any atom is -0.224 e. The van der Waals surface area contributed by atoms with Crippen LogP contribution in [0.25, 0.3) is 0 Å². The van der Waals surface area contributed by atoms with Crippen molar-refractivity contribution in [2.24, 2.45) is 0 Å². The standard InChI is InChI=1S/C24H42O2S/c1-4-5-6-7-8-9-10-11-12-13-14-15-16-17-20-27(25,26)24-21-22(2)18-19-23(24)3/h18-19,21H,4-17,20H2,1-3H3. The third kappa shape index (κ3) is 10.9. The molecule has 0 fully saturated rings. The molecule has 0 N–H and O–H groups in total. The van der Waals surface area contributed by atoms with Gasteiger partial charge < -0.3 is 0 Å². The van der Waals surface area contributed by atoms with Crippen molar-refractivity contribution < 1.29 is 8.42 Å². The highest BCUT2D eigenvalue weighted by molar-refractivity contribution is 7.91. The van der Waals surface area contributed by atoms with Crippen molar-refractivity contribution in [1.29, 1.82) is 0 Å². The van der Waals surface area contributed by atoms with Crippen LogP contribution in [0.2, 0.25) is 0 Å². The Hall–Kier alpha value is -0.830. The molecular weight excluding hydrogens is 352 g/mol. The molecule has 3 heteroatoms. The van der Waals surface area contributed by atoms with Crippen LogP contribution in [0.1, 0.15) is 108 Å². The number of rotatable bonds is 16. The van der Waals surface area contributed by atoms with Crippen LogP contribution in [0.5, 0.6) is 0 Å². The molecule has 0 aliphatic heterocycles. The van der Waals surface area contributed by atoms with Gasteiger partial charge in [-0.2, -0.15) is 0 Å². The van der Waals surface area contributed by atoms with E-state index in [4.69, 9.17) is 0 Å². The summed E-state index contributed by atoms with van der Waals surface area (Å²) in [5, 5.41) is 0. The third-order valence-corrected chi connectivity index (χ3v) is 7.38. The lowest BCUT2D eigenvalue weighted by Gasteiger charge is -2.09.